The number of aliphatic hydroxyl groups is 1. The third kappa shape index (κ3) is 1.64. The van der Waals surface area contributed by atoms with Crippen LogP contribution in [0.1, 0.15) is 27.2 Å². The van der Waals surface area contributed by atoms with Crippen LogP contribution >= 0.6 is 0 Å². The quantitative estimate of drug-likeness (QED) is 0.555. The van der Waals surface area contributed by atoms with Gasteiger partial charge in [-0.2, -0.15) is 0 Å². The molecule has 0 amide bonds. The predicted molar refractivity (Wildman–Crippen MR) is 47.8 cm³/mol. The van der Waals surface area contributed by atoms with E-state index in [9.17, 15) is 9.90 Å². The van der Waals surface area contributed by atoms with Crippen LogP contribution in [0, 0.1) is 0 Å². The van der Waals surface area contributed by atoms with E-state index in [4.69, 9.17) is 0 Å². The molecule has 66 valence electrons. The fourth-order valence-corrected chi connectivity index (χ4v) is 1.32. The summed E-state index contributed by atoms with van der Waals surface area (Å²) in [7, 11) is 0. The Kier molecular flexibility index (Phi) is 2.48. The summed E-state index contributed by atoms with van der Waals surface area (Å²) in [5.41, 5.74) is 2.57. The Morgan fingerprint density at radius 1 is 1.58 bits per heavy atom. The molecule has 0 saturated carbocycles. The first-order valence-electron chi connectivity index (χ1n) is 4.08. The molecule has 1 aliphatic rings. The molecule has 0 aromatic heterocycles. The average Bonchev–Trinajstić information content (AvgIpc) is 1.96. The van der Waals surface area contributed by atoms with Crippen molar-refractivity contribution >= 4 is 5.78 Å². The minimum Gasteiger partial charge on any atom is -0.385 e. The highest BCUT2D eigenvalue weighted by Gasteiger charge is 2.21. The minimum atomic E-state index is -0.548. The number of rotatable bonds is 0. The van der Waals surface area contributed by atoms with E-state index in [2.05, 4.69) is 0 Å². The lowest BCUT2D eigenvalue weighted by Crippen LogP contribution is -2.20. The predicted octanol–water partition coefficient (Wildman–Crippen LogP) is 1.60. The Balaban J connectivity index is 3.02. The van der Waals surface area contributed by atoms with Crippen molar-refractivity contribution in [2.45, 2.75) is 33.3 Å². The molecule has 1 atom stereocenters. The first-order valence-corrected chi connectivity index (χ1v) is 4.08. The van der Waals surface area contributed by atoms with E-state index < -0.39 is 6.10 Å². The van der Waals surface area contributed by atoms with Gasteiger partial charge in [0.15, 0.2) is 5.78 Å². The van der Waals surface area contributed by atoms with Crippen LogP contribution in [0.5, 0.6) is 0 Å². The number of allylic oxidation sites excluding steroid dienone is 2. The first kappa shape index (κ1) is 9.20. The number of ketones is 1. The molecule has 2 nitrogen and oxygen atoms in total. The van der Waals surface area contributed by atoms with E-state index in [0.717, 1.165) is 11.1 Å². The fourth-order valence-electron chi connectivity index (χ4n) is 1.32. The lowest BCUT2D eigenvalue weighted by atomic mass is 9.89. The average molecular weight is 166 g/mol. The molecule has 1 aliphatic carbocycles. The Labute approximate surface area is 72.6 Å². The van der Waals surface area contributed by atoms with Gasteiger partial charge in [0.2, 0.25) is 0 Å². The highest BCUT2D eigenvalue weighted by Crippen LogP contribution is 2.22. The van der Waals surface area contributed by atoms with E-state index in [1.165, 1.54) is 0 Å². The van der Waals surface area contributed by atoms with Gasteiger partial charge in [0.1, 0.15) is 0 Å². The molecule has 0 radical (unpaired) electrons. The third-order valence-electron chi connectivity index (χ3n) is 2.20. The molecule has 1 N–H and O–H groups in total. The van der Waals surface area contributed by atoms with E-state index in [1.807, 2.05) is 13.8 Å². The second-order valence-corrected chi connectivity index (χ2v) is 3.42. The van der Waals surface area contributed by atoms with Crippen molar-refractivity contribution in [1.29, 1.82) is 0 Å². The number of aliphatic hydroxyl groups excluding tert-OH is 1. The molecule has 0 aromatic carbocycles. The summed E-state index contributed by atoms with van der Waals surface area (Å²) in [5, 5.41) is 9.54. The highest BCUT2D eigenvalue weighted by molar-refractivity contribution is 5.98. The number of Topliss-reactive ketones (excluding diaryl/α,β-unsaturated/α-hetero) is 1. The maximum atomic E-state index is 11.2. The van der Waals surface area contributed by atoms with E-state index in [-0.39, 0.29) is 5.78 Å². The lowest BCUT2D eigenvalue weighted by Gasteiger charge is -2.19. The van der Waals surface area contributed by atoms with Gasteiger partial charge in [0.05, 0.1) is 6.10 Å². The Hall–Kier alpha value is -0.890. The smallest absolute Gasteiger partial charge is 0.162 e. The molecule has 0 bridgehead atoms. The largest absolute Gasteiger partial charge is 0.385 e. The second kappa shape index (κ2) is 3.23. The molecule has 0 aliphatic heterocycles. The van der Waals surface area contributed by atoms with Crippen LogP contribution in [-0.4, -0.2) is 17.0 Å². The topological polar surface area (TPSA) is 37.3 Å². The molecule has 1 rings (SSSR count). The SMILES string of the molecule is CC1=CC(O)C(=C(C)C)CC1=O. The molecule has 0 heterocycles. The second-order valence-electron chi connectivity index (χ2n) is 3.42. The van der Waals surface area contributed by atoms with Crippen molar-refractivity contribution in [3.63, 3.8) is 0 Å². The minimum absolute atomic E-state index is 0.122. The lowest BCUT2D eigenvalue weighted by molar-refractivity contribution is -0.115. The molecular formula is C10H14O2. The van der Waals surface area contributed by atoms with Crippen LogP contribution in [0.25, 0.3) is 0 Å². The van der Waals surface area contributed by atoms with E-state index in [1.54, 1.807) is 13.0 Å². The summed E-state index contributed by atoms with van der Waals surface area (Å²) >= 11 is 0. The normalized spacial score (nSPS) is 24.0. The molecule has 0 fully saturated rings. The van der Waals surface area contributed by atoms with Crippen molar-refractivity contribution in [1.82, 2.24) is 0 Å². The Morgan fingerprint density at radius 3 is 2.67 bits per heavy atom. The summed E-state index contributed by atoms with van der Waals surface area (Å²) in [4.78, 5) is 11.2. The molecular weight excluding hydrogens is 152 g/mol. The van der Waals surface area contributed by atoms with Crippen LogP contribution in [-0.2, 0) is 4.79 Å². The van der Waals surface area contributed by atoms with E-state index >= 15 is 0 Å². The number of carbonyl (C=O) groups excluding carboxylic acids is 1. The van der Waals surface area contributed by atoms with Crippen molar-refractivity contribution < 1.29 is 9.90 Å². The van der Waals surface area contributed by atoms with E-state index in [0.29, 0.717) is 12.0 Å². The summed E-state index contributed by atoms with van der Waals surface area (Å²) in [5.74, 6) is 0.122. The molecule has 0 spiro atoms. The summed E-state index contributed by atoms with van der Waals surface area (Å²) in [6.45, 7) is 5.58. The first-order chi connectivity index (χ1) is 5.52. The monoisotopic (exact) mass is 166 g/mol. The molecule has 1 unspecified atom stereocenters. The van der Waals surface area contributed by atoms with Crippen LogP contribution in [0.4, 0.5) is 0 Å². The zero-order chi connectivity index (χ0) is 9.30. The van der Waals surface area contributed by atoms with Gasteiger partial charge in [-0.3, -0.25) is 4.79 Å². The van der Waals surface area contributed by atoms with Gasteiger partial charge < -0.3 is 5.11 Å². The zero-order valence-electron chi connectivity index (χ0n) is 7.72. The van der Waals surface area contributed by atoms with Gasteiger partial charge in [0, 0.05) is 6.42 Å². The van der Waals surface area contributed by atoms with Crippen molar-refractivity contribution in [3.05, 3.63) is 22.8 Å². The van der Waals surface area contributed by atoms with Crippen molar-refractivity contribution in [2.75, 3.05) is 0 Å². The maximum Gasteiger partial charge on any atom is 0.162 e. The van der Waals surface area contributed by atoms with Gasteiger partial charge in [-0.05, 0) is 38.0 Å². The van der Waals surface area contributed by atoms with Crippen LogP contribution < -0.4 is 0 Å². The summed E-state index contributed by atoms with van der Waals surface area (Å²) in [6, 6.07) is 0. The van der Waals surface area contributed by atoms with Gasteiger partial charge in [-0.1, -0.05) is 5.57 Å². The molecule has 0 aromatic rings. The number of hydrogen-bond donors (Lipinski definition) is 1. The van der Waals surface area contributed by atoms with Gasteiger partial charge in [-0.15, -0.1) is 0 Å². The molecule has 0 saturated heterocycles. The van der Waals surface area contributed by atoms with Crippen LogP contribution in [0.15, 0.2) is 22.8 Å². The maximum absolute atomic E-state index is 11.2. The van der Waals surface area contributed by atoms with Crippen LogP contribution in [0.2, 0.25) is 0 Å². The van der Waals surface area contributed by atoms with Crippen molar-refractivity contribution in [3.8, 4) is 0 Å². The fraction of sp³-hybridized carbons (Fsp3) is 0.500. The van der Waals surface area contributed by atoms with Crippen LogP contribution in [0.3, 0.4) is 0 Å². The molecule has 2 heteroatoms. The van der Waals surface area contributed by atoms with Gasteiger partial charge >= 0.3 is 0 Å². The summed E-state index contributed by atoms with van der Waals surface area (Å²) < 4.78 is 0. The Bertz CT molecular complexity index is 268. The summed E-state index contributed by atoms with van der Waals surface area (Å²) in [6.07, 6.45) is 1.45. The highest BCUT2D eigenvalue weighted by atomic mass is 16.3. The number of hydrogen-bond acceptors (Lipinski definition) is 2. The van der Waals surface area contributed by atoms with Gasteiger partial charge in [-0.25, -0.2) is 0 Å². The third-order valence-corrected chi connectivity index (χ3v) is 2.20. The standard InChI is InChI=1S/C10H14O2/c1-6(2)8-5-9(11)7(3)4-10(8)12/h4,10,12H,5H2,1-3H3. The number of carbonyl (C=O) groups is 1. The van der Waals surface area contributed by atoms with Crippen molar-refractivity contribution in [2.24, 2.45) is 0 Å². The molecule has 12 heavy (non-hydrogen) atoms. The Morgan fingerprint density at radius 2 is 2.17 bits per heavy atom. The van der Waals surface area contributed by atoms with Gasteiger partial charge in [0.25, 0.3) is 0 Å². The zero-order valence-corrected chi connectivity index (χ0v) is 7.72.